The monoisotopic (exact) mass is 444 g/mol. The Hall–Kier alpha value is -2.86. The van der Waals surface area contributed by atoms with Gasteiger partial charge in [-0.2, -0.15) is 0 Å². The molecule has 0 unspecified atom stereocenters. The first kappa shape index (κ1) is 20.7. The Labute approximate surface area is 194 Å². The zero-order chi connectivity index (χ0) is 22.6. The molecular weight excluding hydrogens is 412 g/mol. The Morgan fingerprint density at radius 3 is 2.76 bits per heavy atom. The van der Waals surface area contributed by atoms with Crippen LogP contribution in [0.1, 0.15) is 55.6 Å². The molecule has 172 valence electrons. The van der Waals surface area contributed by atoms with Crippen LogP contribution in [0.3, 0.4) is 0 Å². The number of ether oxygens (including phenoxy) is 1. The lowest BCUT2D eigenvalue weighted by molar-refractivity contribution is 0.0849. The molecule has 1 aromatic heterocycles. The van der Waals surface area contributed by atoms with E-state index in [1.165, 1.54) is 43.0 Å². The lowest BCUT2D eigenvalue weighted by atomic mass is 9.65. The summed E-state index contributed by atoms with van der Waals surface area (Å²) in [6.07, 6.45) is 6.10. The summed E-state index contributed by atoms with van der Waals surface area (Å²) in [5, 5.41) is 3.56. The van der Waals surface area contributed by atoms with Crippen molar-refractivity contribution in [2.45, 2.75) is 57.5 Å². The number of hydrogen-bond donors (Lipinski definition) is 1. The average Bonchev–Trinajstić information content (AvgIpc) is 3.43. The SMILES string of the molecule is COC(=O)N1c2ccc3c(nc(Cc4ccccc4)n3[C@H]3C[C@@]4(CCNC4)C3)c2CC[C@@H]1C. The Morgan fingerprint density at radius 2 is 2.03 bits per heavy atom. The summed E-state index contributed by atoms with van der Waals surface area (Å²) in [6.45, 7) is 4.38. The molecule has 1 N–H and O–H groups in total. The number of anilines is 1. The Bertz CT molecular complexity index is 1190. The van der Waals surface area contributed by atoms with Crippen molar-refractivity contribution in [3.05, 3.63) is 59.4 Å². The van der Waals surface area contributed by atoms with Crippen molar-refractivity contribution in [1.29, 1.82) is 0 Å². The molecule has 1 saturated heterocycles. The third-order valence-electron chi connectivity index (χ3n) is 8.14. The highest BCUT2D eigenvalue weighted by molar-refractivity contribution is 5.95. The van der Waals surface area contributed by atoms with Crippen molar-refractivity contribution in [3.8, 4) is 0 Å². The third kappa shape index (κ3) is 3.34. The van der Waals surface area contributed by atoms with Gasteiger partial charge < -0.3 is 14.6 Å². The number of hydrogen-bond acceptors (Lipinski definition) is 4. The Kier molecular flexibility index (Phi) is 4.94. The standard InChI is InChI=1S/C27H32N4O2/c1-18-8-9-21-22(30(18)26(32)33-2)10-11-23-25(21)29-24(14-19-6-4-3-5-7-19)31(23)20-15-27(16-20)12-13-28-17-27/h3-7,10-11,18,20,28H,8-9,12-17H2,1-2H3/t18-,20-,27-/m0/s1. The van der Waals surface area contributed by atoms with Crippen LogP contribution in [0.4, 0.5) is 10.5 Å². The molecule has 3 heterocycles. The van der Waals surface area contributed by atoms with E-state index in [0.29, 0.717) is 11.5 Å². The van der Waals surface area contributed by atoms with Gasteiger partial charge in [-0.15, -0.1) is 0 Å². The average molecular weight is 445 g/mol. The maximum absolute atomic E-state index is 12.6. The van der Waals surface area contributed by atoms with Crippen LogP contribution in [-0.4, -0.2) is 41.9 Å². The quantitative estimate of drug-likeness (QED) is 0.627. The molecule has 3 aliphatic rings. The van der Waals surface area contributed by atoms with Crippen LogP contribution >= 0.6 is 0 Å². The number of aryl methyl sites for hydroxylation is 1. The molecule has 2 aromatic carbocycles. The molecule has 3 aromatic rings. The van der Waals surface area contributed by atoms with Gasteiger partial charge >= 0.3 is 6.09 Å². The second kappa shape index (κ2) is 7.87. The normalized spacial score (nSPS) is 26.4. The molecule has 6 rings (SSSR count). The highest BCUT2D eigenvalue weighted by Gasteiger charge is 2.47. The van der Waals surface area contributed by atoms with Gasteiger partial charge in [-0.25, -0.2) is 9.78 Å². The molecule has 1 amide bonds. The summed E-state index contributed by atoms with van der Waals surface area (Å²) in [7, 11) is 1.46. The van der Waals surface area contributed by atoms with E-state index in [9.17, 15) is 4.79 Å². The molecule has 1 aliphatic carbocycles. The van der Waals surface area contributed by atoms with E-state index < -0.39 is 0 Å². The van der Waals surface area contributed by atoms with Crippen LogP contribution < -0.4 is 10.2 Å². The summed E-state index contributed by atoms with van der Waals surface area (Å²) in [5.41, 5.74) is 6.16. The van der Waals surface area contributed by atoms with Crippen molar-refractivity contribution in [2.75, 3.05) is 25.1 Å². The van der Waals surface area contributed by atoms with Crippen LogP contribution in [0.5, 0.6) is 0 Å². The number of imidazole rings is 1. The van der Waals surface area contributed by atoms with E-state index in [1.54, 1.807) is 4.90 Å². The van der Waals surface area contributed by atoms with E-state index in [-0.39, 0.29) is 12.1 Å². The number of fused-ring (bicyclic) bond motifs is 3. The Morgan fingerprint density at radius 1 is 1.21 bits per heavy atom. The number of aromatic nitrogens is 2. The van der Waals surface area contributed by atoms with Crippen LogP contribution in [0.25, 0.3) is 11.0 Å². The van der Waals surface area contributed by atoms with E-state index >= 15 is 0 Å². The van der Waals surface area contributed by atoms with Crippen molar-refractivity contribution in [2.24, 2.45) is 5.41 Å². The molecule has 1 atom stereocenters. The predicted octanol–water partition coefficient (Wildman–Crippen LogP) is 4.85. The highest BCUT2D eigenvalue weighted by atomic mass is 16.5. The molecule has 1 spiro atoms. The van der Waals surface area contributed by atoms with Gasteiger partial charge in [0, 0.05) is 30.6 Å². The van der Waals surface area contributed by atoms with Gasteiger partial charge in [0.15, 0.2) is 0 Å². The lowest BCUT2D eigenvalue weighted by Gasteiger charge is -2.46. The van der Waals surface area contributed by atoms with Crippen molar-refractivity contribution in [3.63, 3.8) is 0 Å². The molecule has 33 heavy (non-hydrogen) atoms. The zero-order valence-electron chi connectivity index (χ0n) is 19.5. The predicted molar refractivity (Wildman–Crippen MR) is 130 cm³/mol. The maximum Gasteiger partial charge on any atom is 0.414 e. The highest BCUT2D eigenvalue weighted by Crippen LogP contribution is 2.53. The molecular formula is C27H32N4O2. The minimum atomic E-state index is -0.290. The number of nitrogens with one attached hydrogen (secondary N) is 1. The summed E-state index contributed by atoms with van der Waals surface area (Å²) < 4.78 is 7.63. The van der Waals surface area contributed by atoms with E-state index in [1.807, 2.05) is 0 Å². The van der Waals surface area contributed by atoms with Crippen LogP contribution in [0, 0.1) is 5.41 Å². The number of carbonyl (C=O) groups excluding carboxylic acids is 1. The number of rotatable bonds is 3. The second-order valence-corrected chi connectivity index (χ2v) is 10.2. The molecule has 1 saturated carbocycles. The van der Waals surface area contributed by atoms with Crippen LogP contribution in [0.15, 0.2) is 42.5 Å². The van der Waals surface area contributed by atoms with Crippen molar-refractivity contribution >= 4 is 22.8 Å². The molecule has 2 fully saturated rings. The fourth-order valence-corrected chi connectivity index (χ4v) is 6.40. The van der Waals surface area contributed by atoms with Gasteiger partial charge in [-0.3, -0.25) is 4.90 Å². The van der Waals surface area contributed by atoms with Gasteiger partial charge in [0.1, 0.15) is 5.82 Å². The molecule has 2 aliphatic heterocycles. The fraction of sp³-hybridized carbons (Fsp3) is 0.481. The molecule has 6 nitrogen and oxygen atoms in total. The van der Waals surface area contributed by atoms with Crippen molar-refractivity contribution in [1.82, 2.24) is 14.9 Å². The minimum Gasteiger partial charge on any atom is -0.452 e. The fourth-order valence-electron chi connectivity index (χ4n) is 6.40. The second-order valence-electron chi connectivity index (χ2n) is 10.2. The molecule has 0 bridgehead atoms. The number of benzene rings is 2. The summed E-state index contributed by atoms with van der Waals surface area (Å²) in [6, 6.07) is 15.5. The number of carbonyl (C=O) groups is 1. The van der Waals surface area contributed by atoms with Crippen molar-refractivity contribution < 1.29 is 9.53 Å². The number of nitrogens with zero attached hydrogens (tertiary/aromatic N) is 3. The summed E-state index contributed by atoms with van der Waals surface area (Å²) in [4.78, 5) is 19.6. The van der Waals surface area contributed by atoms with Gasteiger partial charge in [0.25, 0.3) is 0 Å². The zero-order valence-corrected chi connectivity index (χ0v) is 19.5. The van der Waals surface area contributed by atoms with E-state index in [4.69, 9.17) is 9.72 Å². The summed E-state index contributed by atoms with van der Waals surface area (Å²) >= 11 is 0. The lowest BCUT2D eigenvalue weighted by Crippen LogP contribution is -2.42. The largest absolute Gasteiger partial charge is 0.452 e. The van der Waals surface area contributed by atoms with Crippen LogP contribution in [-0.2, 0) is 17.6 Å². The van der Waals surface area contributed by atoms with Gasteiger partial charge in [-0.05, 0) is 68.7 Å². The first-order valence-corrected chi connectivity index (χ1v) is 12.2. The molecule has 6 heteroatoms. The number of methoxy groups -OCH3 is 1. The third-order valence-corrected chi connectivity index (χ3v) is 8.14. The minimum absolute atomic E-state index is 0.120. The van der Waals surface area contributed by atoms with Gasteiger partial charge in [0.2, 0.25) is 0 Å². The topological polar surface area (TPSA) is 59.4 Å². The maximum atomic E-state index is 12.6. The van der Waals surface area contributed by atoms with Gasteiger partial charge in [-0.1, -0.05) is 30.3 Å². The van der Waals surface area contributed by atoms with E-state index in [2.05, 4.69) is 59.3 Å². The van der Waals surface area contributed by atoms with E-state index in [0.717, 1.165) is 49.4 Å². The number of amides is 1. The van der Waals surface area contributed by atoms with Crippen LogP contribution in [0.2, 0.25) is 0 Å². The first-order chi connectivity index (χ1) is 16.1. The Balaban J connectivity index is 1.46. The summed E-state index contributed by atoms with van der Waals surface area (Å²) in [5.74, 6) is 1.14. The van der Waals surface area contributed by atoms with Gasteiger partial charge in [0.05, 0.1) is 23.8 Å². The first-order valence-electron chi connectivity index (χ1n) is 12.2. The molecule has 0 radical (unpaired) electrons. The smallest absolute Gasteiger partial charge is 0.414 e.